The number of aromatic nitrogens is 3. The van der Waals surface area contributed by atoms with Gasteiger partial charge in [-0.1, -0.05) is 6.92 Å². The SMILES string of the molecule is CCC(C)[n+]1cccc(-c2nc(C)ns2)c1.[I-]. The van der Waals surface area contributed by atoms with Crippen LogP contribution in [-0.2, 0) is 0 Å². The van der Waals surface area contributed by atoms with E-state index >= 15 is 0 Å². The molecule has 0 radical (unpaired) electrons. The van der Waals surface area contributed by atoms with E-state index in [0.717, 1.165) is 22.8 Å². The largest absolute Gasteiger partial charge is 1.00 e. The Kier molecular flexibility index (Phi) is 5.45. The minimum atomic E-state index is 0. The number of nitrogens with zero attached hydrogens (tertiary/aromatic N) is 3. The summed E-state index contributed by atoms with van der Waals surface area (Å²) in [6.07, 6.45) is 5.38. The van der Waals surface area contributed by atoms with Crippen molar-refractivity contribution in [3.8, 4) is 10.6 Å². The third-order valence-corrected chi connectivity index (χ3v) is 3.55. The molecular weight excluding hydrogens is 345 g/mol. The molecule has 92 valence electrons. The monoisotopic (exact) mass is 361 g/mol. The molecule has 2 heterocycles. The summed E-state index contributed by atoms with van der Waals surface area (Å²) in [4.78, 5) is 4.40. The van der Waals surface area contributed by atoms with Gasteiger partial charge in [-0.3, -0.25) is 0 Å². The average molecular weight is 361 g/mol. The number of halogens is 1. The smallest absolute Gasteiger partial charge is 0.179 e. The van der Waals surface area contributed by atoms with Crippen molar-refractivity contribution >= 4 is 11.5 Å². The Balaban J connectivity index is 0.00000144. The highest BCUT2D eigenvalue weighted by Crippen LogP contribution is 2.19. The average Bonchev–Trinajstić information content (AvgIpc) is 2.75. The third kappa shape index (κ3) is 3.45. The van der Waals surface area contributed by atoms with E-state index in [1.54, 1.807) is 0 Å². The van der Waals surface area contributed by atoms with Gasteiger partial charge in [0.05, 0.1) is 5.56 Å². The Hall–Kier alpha value is -0.560. The quantitative estimate of drug-likeness (QED) is 0.559. The first-order valence-corrected chi connectivity index (χ1v) is 6.29. The second-order valence-corrected chi connectivity index (χ2v) is 4.70. The highest BCUT2D eigenvalue weighted by molar-refractivity contribution is 7.09. The molecule has 2 rings (SSSR count). The van der Waals surface area contributed by atoms with Crippen molar-refractivity contribution in [1.82, 2.24) is 9.36 Å². The van der Waals surface area contributed by atoms with Gasteiger partial charge in [-0.2, -0.15) is 4.37 Å². The molecule has 3 nitrogen and oxygen atoms in total. The molecule has 0 bridgehead atoms. The van der Waals surface area contributed by atoms with E-state index in [1.165, 1.54) is 11.5 Å². The molecule has 1 atom stereocenters. The van der Waals surface area contributed by atoms with Crippen LogP contribution in [0.4, 0.5) is 0 Å². The molecule has 1 unspecified atom stereocenters. The zero-order valence-electron chi connectivity index (χ0n) is 10.2. The van der Waals surface area contributed by atoms with Gasteiger partial charge >= 0.3 is 0 Å². The molecule has 0 spiro atoms. The molecule has 0 aliphatic carbocycles. The Morgan fingerprint density at radius 1 is 1.47 bits per heavy atom. The summed E-state index contributed by atoms with van der Waals surface area (Å²) in [5, 5.41) is 0.996. The molecular formula is C12H16IN3S. The Bertz CT molecular complexity index is 484. The lowest BCUT2D eigenvalue weighted by atomic mass is 10.2. The highest BCUT2D eigenvalue weighted by atomic mass is 127. The summed E-state index contributed by atoms with van der Waals surface area (Å²) >= 11 is 1.46. The molecule has 0 N–H and O–H groups in total. The Morgan fingerprint density at radius 3 is 2.82 bits per heavy atom. The lowest BCUT2D eigenvalue weighted by molar-refractivity contribution is -0.719. The molecule has 5 heteroatoms. The van der Waals surface area contributed by atoms with E-state index in [9.17, 15) is 0 Å². The van der Waals surface area contributed by atoms with Crippen LogP contribution in [0.3, 0.4) is 0 Å². The van der Waals surface area contributed by atoms with Gasteiger partial charge in [0.15, 0.2) is 18.4 Å². The summed E-state index contributed by atoms with van der Waals surface area (Å²) in [7, 11) is 0. The van der Waals surface area contributed by atoms with E-state index < -0.39 is 0 Å². The zero-order chi connectivity index (χ0) is 11.5. The van der Waals surface area contributed by atoms with Gasteiger partial charge in [0.2, 0.25) is 0 Å². The fraction of sp³-hybridized carbons (Fsp3) is 0.417. The van der Waals surface area contributed by atoms with Crippen LogP contribution < -0.4 is 28.5 Å². The summed E-state index contributed by atoms with van der Waals surface area (Å²) < 4.78 is 6.44. The third-order valence-electron chi connectivity index (χ3n) is 2.70. The van der Waals surface area contributed by atoms with Crippen molar-refractivity contribution in [1.29, 1.82) is 0 Å². The van der Waals surface area contributed by atoms with Gasteiger partial charge in [-0.15, -0.1) is 0 Å². The normalized spacial score (nSPS) is 11.9. The summed E-state index contributed by atoms with van der Waals surface area (Å²) in [6, 6.07) is 4.67. The van der Waals surface area contributed by atoms with Crippen LogP contribution in [0.25, 0.3) is 10.6 Å². The number of rotatable bonds is 3. The van der Waals surface area contributed by atoms with Crippen LogP contribution in [-0.4, -0.2) is 9.36 Å². The predicted octanol–water partition coefficient (Wildman–Crippen LogP) is -0.224. The van der Waals surface area contributed by atoms with Crippen molar-refractivity contribution in [3.05, 3.63) is 30.4 Å². The van der Waals surface area contributed by atoms with Crippen LogP contribution in [0.1, 0.15) is 32.1 Å². The maximum Gasteiger partial charge on any atom is 0.179 e. The maximum atomic E-state index is 4.40. The van der Waals surface area contributed by atoms with Crippen LogP contribution >= 0.6 is 11.5 Å². The maximum absolute atomic E-state index is 4.40. The fourth-order valence-corrected chi connectivity index (χ4v) is 2.18. The van der Waals surface area contributed by atoms with Crippen molar-refractivity contribution in [2.24, 2.45) is 0 Å². The summed E-state index contributed by atoms with van der Waals surface area (Å²) in [5.41, 5.74) is 1.15. The summed E-state index contributed by atoms with van der Waals surface area (Å²) in [5.74, 6) is 0.846. The molecule has 2 aromatic rings. The predicted molar refractivity (Wildman–Crippen MR) is 65.3 cm³/mol. The molecule has 0 fully saturated rings. The number of hydrogen-bond donors (Lipinski definition) is 0. The molecule has 0 aromatic carbocycles. The van der Waals surface area contributed by atoms with Crippen LogP contribution in [0.2, 0.25) is 0 Å². The topological polar surface area (TPSA) is 29.7 Å². The lowest BCUT2D eigenvalue weighted by Crippen LogP contribution is -3.00. The van der Waals surface area contributed by atoms with Crippen molar-refractivity contribution < 1.29 is 28.5 Å². The molecule has 17 heavy (non-hydrogen) atoms. The van der Waals surface area contributed by atoms with Gasteiger partial charge in [0.1, 0.15) is 10.8 Å². The molecule has 0 aliphatic rings. The van der Waals surface area contributed by atoms with Crippen LogP contribution in [0, 0.1) is 6.92 Å². The lowest BCUT2D eigenvalue weighted by Gasteiger charge is -2.03. The first kappa shape index (κ1) is 14.5. The van der Waals surface area contributed by atoms with E-state index in [4.69, 9.17) is 0 Å². The van der Waals surface area contributed by atoms with Gasteiger partial charge in [0.25, 0.3) is 0 Å². The Labute approximate surface area is 123 Å². The minimum absolute atomic E-state index is 0. The standard InChI is InChI=1S/C12H16N3S.HI/c1-4-9(2)15-7-5-6-11(8-15)12-13-10(3)14-16-12;/h5-9H,4H2,1-3H3;1H/q+1;/p-1. The number of pyridine rings is 1. The fourth-order valence-electron chi connectivity index (χ4n) is 1.52. The first-order chi connectivity index (χ1) is 7.70. The highest BCUT2D eigenvalue weighted by Gasteiger charge is 2.12. The van der Waals surface area contributed by atoms with Gasteiger partial charge in [-0.25, -0.2) is 9.55 Å². The molecule has 2 aromatic heterocycles. The van der Waals surface area contributed by atoms with Crippen molar-refractivity contribution in [2.75, 3.05) is 0 Å². The first-order valence-electron chi connectivity index (χ1n) is 5.52. The van der Waals surface area contributed by atoms with E-state index in [-0.39, 0.29) is 24.0 Å². The molecule has 0 saturated heterocycles. The summed E-state index contributed by atoms with van der Waals surface area (Å²) in [6.45, 7) is 6.33. The van der Waals surface area contributed by atoms with E-state index in [1.807, 2.05) is 6.92 Å². The number of aryl methyl sites for hydroxylation is 1. The minimum Gasteiger partial charge on any atom is -1.00 e. The van der Waals surface area contributed by atoms with Gasteiger partial charge < -0.3 is 24.0 Å². The van der Waals surface area contributed by atoms with E-state index in [0.29, 0.717) is 6.04 Å². The molecule has 0 saturated carbocycles. The van der Waals surface area contributed by atoms with Crippen LogP contribution in [0.5, 0.6) is 0 Å². The Morgan fingerprint density at radius 2 is 2.24 bits per heavy atom. The van der Waals surface area contributed by atoms with Gasteiger partial charge in [0, 0.05) is 12.5 Å². The van der Waals surface area contributed by atoms with Crippen molar-refractivity contribution in [3.63, 3.8) is 0 Å². The molecule has 0 aliphatic heterocycles. The second kappa shape index (κ2) is 6.39. The van der Waals surface area contributed by atoms with Crippen molar-refractivity contribution in [2.45, 2.75) is 33.2 Å². The zero-order valence-corrected chi connectivity index (χ0v) is 13.2. The van der Waals surface area contributed by atoms with Gasteiger partial charge in [-0.05, 0) is 31.4 Å². The molecule has 0 amide bonds. The van der Waals surface area contributed by atoms with Crippen LogP contribution in [0.15, 0.2) is 24.5 Å². The van der Waals surface area contributed by atoms with E-state index in [2.05, 4.69) is 52.3 Å². The second-order valence-electron chi connectivity index (χ2n) is 3.94. The number of hydrogen-bond acceptors (Lipinski definition) is 3.